The predicted octanol–water partition coefficient (Wildman–Crippen LogP) is 3.45. The van der Waals surface area contributed by atoms with E-state index in [9.17, 15) is 14.4 Å². The van der Waals surface area contributed by atoms with Crippen LogP contribution in [-0.2, 0) is 19.1 Å². The normalized spacial score (nSPS) is 20.8. The number of rotatable bonds is 3. The molecule has 0 aliphatic carbocycles. The maximum atomic E-state index is 12.5. The van der Waals surface area contributed by atoms with Crippen molar-refractivity contribution in [2.45, 2.75) is 52.4 Å². The lowest BCUT2D eigenvalue weighted by Crippen LogP contribution is -2.52. The lowest BCUT2D eigenvalue weighted by atomic mass is 9.87. The van der Waals surface area contributed by atoms with Gasteiger partial charge in [0.25, 0.3) is 0 Å². The fourth-order valence-corrected chi connectivity index (χ4v) is 3.13. The molecule has 2 heterocycles. The minimum atomic E-state index is -0.990. The highest BCUT2D eigenvalue weighted by atomic mass is 16.6. The molecule has 7 heteroatoms. The van der Waals surface area contributed by atoms with E-state index >= 15 is 0 Å². The van der Waals surface area contributed by atoms with E-state index in [4.69, 9.17) is 18.6 Å². The van der Waals surface area contributed by atoms with Gasteiger partial charge in [0.05, 0.1) is 0 Å². The van der Waals surface area contributed by atoms with Crippen LogP contribution < -0.4 is 10.4 Å². The summed E-state index contributed by atoms with van der Waals surface area (Å²) in [5.41, 5.74) is -0.158. The van der Waals surface area contributed by atoms with E-state index in [-0.39, 0.29) is 0 Å². The van der Waals surface area contributed by atoms with Crippen molar-refractivity contribution in [3.05, 3.63) is 51.9 Å². The molecule has 0 spiro atoms. The zero-order valence-electron chi connectivity index (χ0n) is 16.4. The fraction of sp³-hybridized carbons (Fsp3) is 0.381. The van der Waals surface area contributed by atoms with Crippen LogP contribution in [0.15, 0.2) is 45.1 Å². The largest absolute Gasteiger partial charge is 0.483 e. The summed E-state index contributed by atoms with van der Waals surface area (Å²) in [5, 5.41) is 0.632. The van der Waals surface area contributed by atoms with Crippen molar-refractivity contribution >= 4 is 22.9 Å². The molecule has 3 rings (SSSR count). The van der Waals surface area contributed by atoms with Gasteiger partial charge in [-0.25, -0.2) is 9.59 Å². The topological polar surface area (TPSA) is 92.0 Å². The molecular formula is C21H22O7. The molecule has 7 nitrogen and oxygen atoms in total. The molecule has 2 atom stereocenters. The van der Waals surface area contributed by atoms with Gasteiger partial charge in [-0.2, -0.15) is 0 Å². The molecule has 2 unspecified atom stereocenters. The van der Waals surface area contributed by atoms with E-state index in [0.717, 1.165) is 0 Å². The van der Waals surface area contributed by atoms with Gasteiger partial charge < -0.3 is 18.6 Å². The zero-order valence-corrected chi connectivity index (χ0v) is 16.4. The number of benzene rings is 1. The lowest BCUT2D eigenvalue weighted by Gasteiger charge is -2.43. The maximum Gasteiger partial charge on any atom is 0.336 e. The molecule has 28 heavy (non-hydrogen) atoms. The number of fused-ring (bicyclic) bond motifs is 2. The van der Waals surface area contributed by atoms with Crippen molar-refractivity contribution < 1.29 is 28.2 Å². The number of carbonyl (C=O) groups is 2. The summed E-state index contributed by atoms with van der Waals surface area (Å²) >= 11 is 0. The van der Waals surface area contributed by atoms with Gasteiger partial charge in [-0.3, -0.25) is 4.79 Å². The quantitative estimate of drug-likeness (QED) is 0.453. The van der Waals surface area contributed by atoms with Crippen molar-refractivity contribution in [1.82, 2.24) is 0 Å². The molecule has 0 bridgehead atoms. The summed E-state index contributed by atoms with van der Waals surface area (Å²) in [6, 6.07) is 6.21. The second kappa shape index (κ2) is 7.14. The summed E-state index contributed by atoms with van der Waals surface area (Å²) in [6.07, 6.45) is -0.107. The number of carbonyl (C=O) groups excluding carboxylic acids is 2. The van der Waals surface area contributed by atoms with Crippen LogP contribution in [0.5, 0.6) is 5.75 Å². The van der Waals surface area contributed by atoms with Crippen LogP contribution in [0.4, 0.5) is 0 Å². The van der Waals surface area contributed by atoms with Crippen molar-refractivity contribution in [3.8, 4) is 5.75 Å². The summed E-state index contributed by atoms with van der Waals surface area (Å²) in [6.45, 7) is 8.13. The first-order valence-electron chi connectivity index (χ1n) is 8.90. The molecule has 1 aliphatic rings. The van der Waals surface area contributed by atoms with E-state index in [0.29, 0.717) is 27.9 Å². The van der Waals surface area contributed by atoms with Crippen LogP contribution in [-0.4, -0.2) is 23.6 Å². The molecule has 1 aliphatic heterocycles. The van der Waals surface area contributed by atoms with Gasteiger partial charge in [-0.15, -0.1) is 0 Å². The van der Waals surface area contributed by atoms with Crippen molar-refractivity contribution in [3.63, 3.8) is 0 Å². The summed E-state index contributed by atoms with van der Waals surface area (Å²) < 4.78 is 22.5. The van der Waals surface area contributed by atoms with Gasteiger partial charge in [-0.1, -0.05) is 6.08 Å². The Balaban J connectivity index is 2.18. The fourth-order valence-electron chi connectivity index (χ4n) is 3.13. The van der Waals surface area contributed by atoms with Crippen molar-refractivity contribution in [1.29, 1.82) is 0 Å². The third kappa shape index (κ3) is 3.65. The third-order valence-electron chi connectivity index (χ3n) is 4.67. The highest BCUT2D eigenvalue weighted by molar-refractivity contribution is 5.88. The molecule has 0 saturated carbocycles. The Morgan fingerprint density at radius 2 is 1.86 bits per heavy atom. The molecule has 2 aromatic rings. The standard InChI is InChI=1S/C21H22O7/c1-6-11(2)20(24)27-18-14-9-13-7-8-17(23)26-15(13)10-16(14)28-21(4,5)19(18)25-12(3)22/h6-10,18-19H,1-5H3. The Kier molecular flexibility index (Phi) is 5.02. The van der Waals surface area contributed by atoms with Crippen LogP contribution in [0.25, 0.3) is 11.0 Å². The number of ether oxygens (including phenoxy) is 3. The highest BCUT2D eigenvalue weighted by Crippen LogP contribution is 2.45. The molecule has 1 aromatic heterocycles. The average molecular weight is 386 g/mol. The van der Waals surface area contributed by atoms with Gasteiger partial charge in [-0.05, 0) is 39.8 Å². The first-order chi connectivity index (χ1) is 13.1. The molecule has 0 amide bonds. The van der Waals surface area contributed by atoms with Crippen LogP contribution in [0.3, 0.4) is 0 Å². The summed E-state index contributed by atoms with van der Waals surface area (Å²) in [7, 11) is 0. The monoisotopic (exact) mass is 386 g/mol. The zero-order chi connectivity index (χ0) is 20.6. The van der Waals surface area contributed by atoms with E-state index in [2.05, 4.69) is 0 Å². The highest BCUT2D eigenvalue weighted by Gasteiger charge is 2.48. The average Bonchev–Trinajstić information content (AvgIpc) is 2.61. The minimum Gasteiger partial charge on any atom is -0.483 e. The second-order valence-electron chi connectivity index (χ2n) is 7.22. The lowest BCUT2D eigenvalue weighted by molar-refractivity contribution is -0.187. The first kappa shape index (κ1) is 19.7. The van der Waals surface area contributed by atoms with E-state index in [1.807, 2.05) is 0 Å². The van der Waals surface area contributed by atoms with Crippen LogP contribution in [0.1, 0.15) is 46.3 Å². The molecule has 148 valence electrons. The molecule has 0 fully saturated rings. The van der Waals surface area contributed by atoms with E-state index < -0.39 is 35.4 Å². The predicted molar refractivity (Wildman–Crippen MR) is 101 cm³/mol. The molecule has 1 aromatic carbocycles. The number of hydrogen-bond donors (Lipinski definition) is 0. The molecule has 0 radical (unpaired) electrons. The number of allylic oxidation sites excluding steroid dienone is 1. The van der Waals surface area contributed by atoms with E-state index in [1.54, 1.807) is 52.0 Å². The van der Waals surface area contributed by atoms with Crippen molar-refractivity contribution in [2.75, 3.05) is 0 Å². The molecule has 0 N–H and O–H groups in total. The summed E-state index contributed by atoms with van der Waals surface area (Å²) in [5.74, 6) is -0.639. The SMILES string of the molecule is CC=C(C)C(=O)OC1c2cc3ccc(=O)oc3cc2OC(C)(C)C1OC(C)=O. The van der Waals surface area contributed by atoms with E-state index in [1.165, 1.54) is 13.0 Å². The molecular weight excluding hydrogens is 364 g/mol. The smallest absolute Gasteiger partial charge is 0.336 e. The Morgan fingerprint density at radius 1 is 1.14 bits per heavy atom. The third-order valence-corrected chi connectivity index (χ3v) is 4.67. The minimum absolute atomic E-state index is 0.350. The van der Waals surface area contributed by atoms with Crippen LogP contribution in [0.2, 0.25) is 0 Å². The second-order valence-corrected chi connectivity index (χ2v) is 7.22. The maximum absolute atomic E-state index is 12.5. The summed E-state index contributed by atoms with van der Waals surface area (Å²) in [4.78, 5) is 35.7. The van der Waals surface area contributed by atoms with Crippen molar-refractivity contribution in [2.24, 2.45) is 0 Å². The van der Waals surface area contributed by atoms with Gasteiger partial charge >= 0.3 is 17.6 Å². The first-order valence-corrected chi connectivity index (χ1v) is 8.90. The van der Waals surface area contributed by atoms with Crippen LogP contribution >= 0.6 is 0 Å². The number of esters is 2. The van der Waals surface area contributed by atoms with Gasteiger partial charge in [0.15, 0.2) is 12.2 Å². The van der Waals surface area contributed by atoms with Gasteiger partial charge in [0.1, 0.15) is 16.9 Å². The Hall–Kier alpha value is -3.09. The Labute approximate surface area is 161 Å². The Morgan fingerprint density at radius 3 is 2.50 bits per heavy atom. The van der Waals surface area contributed by atoms with Gasteiger partial charge in [0.2, 0.25) is 0 Å². The molecule has 0 saturated heterocycles. The van der Waals surface area contributed by atoms with Crippen LogP contribution in [0, 0.1) is 0 Å². The van der Waals surface area contributed by atoms with Gasteiger partial charge in [0, 0.05) is 35.6 Å². The Bertz CT molecular complexity index is 1030. The number of hydrogen-bond acceptors (Lipinski definition) is 7.